The van der Waals surface area contributed by atoms with Crippen LogP contribution in [0, 0.1) is 0 Å². The molecule has 3 aromatic rings. The van der Waals surface area contributed by atoms with Crippen molar-refractivity contribution in [3.63, 3.8) is 0 Å². The van der Waals surface area contributed by atoms with Crippen molar-refractivity contribution in [1.82, 2.24) is 0 Å². The first-order valence-corrected chi connectivity index (χ1v) is 8.92. The van der Waals surface area contributed by atoms with Gasteiger partial charge in [0.1, 0.15) is 12.4 Å². The largest absolute Gasteiger partial charge is 0.489 e. The Bertz CT molecular complexity index is 757. The molecule has 0 aliphatic carbocycles. The third-order valence-corrected chi connectivity index (χ3v) is 4.11. The number of rotatable bonds is 9. The number of ether oxygens (including phenoxy) is 2. The Morgan fingerprint density at radius 3 is 1.85 bits per heavy atom. The minimum absolute atomic E-state index is 0.0187. The van der Waals surface area contributed by atoms with Gasteiger partial charge in [0.25, 0.3) is 0 Å². The highest BCUT2D eigenvalue weighted by molar-refractivity contribution is 5.28. The molecule has 3 nitrogen and oxygen atoms in total. The molecule has 3 rings (SSSR count). The van der Waals surface area contributed by atoms with Crippen molar-refractivity contribution in [3.8, 4) is 5.75 Å². The summed E-state index contributed by atoms with van der Waals surface area (Å²) >= 11 is 0. The van der Waals surface area contributed by atoms with E-state index in [1.165, 1.54) is 11.1 Å². The quantitative estimate of drug-likeness (QED) is 0.626. The highest BCUT2D eigenvalue weighted by Gasteiger charge is 2.05. The molecular weight excluding hydrogens is 322 g/mol. The van der Waals surface area contributed by atoms with Crippen molar-refractivity contribution in [1.29, 1.82) is 0 Å². The molecule has 0 bridgehead atoms. The minimum atomic E-state index is -0.0187. The van der Waals surface area contributed by atoms with E-state index in [1.807, 2.05) is 48.5 Å². The zero-order chi connectivity index (χ0) is 18.0. The molecule has 0 spiro atoms. The van der Waals surface area contributed by atoms with Crippen molar-refractivity contribution < 1.29 is 9.47 Å². The van der Waals surface area contributed by atoms with Gasteiger partial charge >= 0.3 is 0 Å². The van der Waals surface area contributed by atoms with Gasteiger partial charge in [-0.3, -0.25) is 0 Å². The topological polar surface area (TPSA) is 44.5 Å². The fourth-order valence-corrected chi connectivity index (χ4v) is 2.73. The molecule has 0 aliphatic heterocycles. The number of nitrogens with two attached hydrogens (primary N) is 1. The van der Waals surface area contributed by atoms with Gasteiger partial charge in [-0.1, -0.05) is 72.8 Å². The summed E-state index contributed by atoms with van der Waals surface area (Å²) in [5.41, 5.74) is 9.70. The van der Waals surface area contributed by atoms with Crippen LogP contribution in [0.1, 0.15) is 16.7 Å². The van der Waals surface area contributed by atoms with Crippen LogP contribution in [0.15, 0.2) is 84.9 Å². The average Bonchev–Trinajstić information content (AvgIpc) is 2.69. The Labute approximate surface area is 155 Å². The maximum Gasteiger partial charge on any atom is 0.119 e. The van der Waals surface area contributed by atoms with Crippen molar-refractivity contribution in [2.45, 2.75) is 25.7 Å². The van der Waals surface area contributed by atoms with E-state index in [9.17, 15) is 0 Å². The Hall–Kier alpha value is -2.62. The standard InChI is InChI=1S/C23H25NO2/c24-22(18-25-16-20-7-3-1-4-8-20)15-19-11-13-23(14-12-19)26-17-21-9-5-2-6-10-21/h1-14,22H,15-18,24H2/t22-/m0/s1. The zero-order valence-corrected chi connectivity index (χ0v) is 14.9. The summed E-state index contributed by atoms with van der Waals surface area (Å²) in [4.78, 5) is 0. The van der Waals surface area contributed by atoms with E-state index in [0.29, 0.717) is 19.8 Å². The van der Waals surface area contributed by atoms with E-state index in [2.05, 4.69) is 36.4 Å². The van der Waals surface area contributed by atoms with Crippen LogP contribution in [0.2, 0.25) is 0 Å². The van der Waals surface area contributed by atoms with Crippen LogP contribution >= 0.6 is 0 Å². The van der Waals surface area contributed by atoms with Gasteiger partial charge in [-0.2, -0.15) is 0 Å². The van der Waals surface area contributed by atoms with Crippen molar-refractivity contribution >= 4 is 0 Å². The molecule has 0 fully saturated rings. The first-order valence-electron chi connectivity index (χ1n) is 8.92. The second-order valence-corrected chi connectivity index (χ2v) is 6.38. The van der Waals surface area contributed by atoms with Gasteiger partial charge in [0.15, 0.2) is 0 Å². The van der Waals surface area contributed by atoms with Crippen LogP contribution < -0.4 is 10.5 Å². The normalized spacial score (nSPS) is 11.9. The lowest BCUT2D eigenvalue weighted by molar-refractivity contribution is 0.108. The van der Waals surface area contributed by atoms with E-state index < -0.39 is 0 Å². The summed E-state index contributed by atoms with van der Waals surface area (Å²) in [5, 5.41) is 0. The van der Waals surface area contributed by atoms with Crippen molar-refractivity contribution in [3.05, 3.63) is 102 Å². The highest BCUT2D eigenvalue weighted by Crippen LogP contribution is 2.15. The third kappa shape index (κ3) is 6.03. The highest BCUT2D eigenvalue weighted by atomic mass is 16.5. The predicted molar refractivity (Wildman–Crippen MR) is 105 cm³/mol. The molecular formula is C23H25NO2. The van der Waals surface area contributed by atoms with Crippen LogP contribution in [0.4, 0.5) is 0 Å². The average molecular weight is 347 g/mol. The van der Waals surface area contributed by atoms with Crippen LogP contribution in [-0.2, 0) is 24.4 Å². The van der Waals surface area contributed by atoms with Crippen LogP contribution in [0.5, 0.6) is 5.75 Å². The molecule has 0 saturated carbocycles. The molecule has 3 aromatic carbocycles. The molecule has 0 radical (unpaired) electrons. The van der Waals surface area contributed by atoms with Gasteiger partial charge in [-0.15, -0.1) is 0 Å². The summed E-state index contributed by atoms with van der Waals surface area (Å²) in [6.45, 7) is 1.72. The second-order valence-electron chi connectivity index (χ2n) is 6.38. The fourth-order valence-electron chi connectivity index (χ4n) is 2.73. The van der Waals surface area contributed by atoms with Crippen LogP contribution in [0.3, 0.4) is 0 Å². The summed E-state index contributed by atoms with van der Waals surface area (Å²) in [5.74, 6) is 0.867. The molecule has 0 saturated heterocycles. The molecule has 0 heterocycles. The monoisotopic (exact) mass is 347 g/mol. The van der Waals surface area contributed by atoms with E-state index in [-0.39, 0.29) is 6.04 Å². The molecule has 0 aromatic heterocycles. The fraction of sp³-hybridized carbons (Fsp3) is 0.217. The SMILES string of the molecule is N[C@H](COCc1ccccc1)Cc1ccc(OCc2ccccc2)cc1. The van der Waals surface area contributed by atoms with Gasteiger partial charge in [-0.25, -0.2) is 0 Å². The van der Waals surface area contributed by atoms with Crippen LogP contribution in [-0.4, -0.2) is 12.6 Å². The predicted octanol–water partition coefficient (Wildman–Crippen LogP) is 4.35. The second kappa shape index (κ2) is 9.76. The van der Waals surface area contributed by atoms with E-state index in [1.54, 1.807) is 0 Å². The smallest absolute Gasteiger partial charge is 0.119 e. The van der Waals surface area contributed by atoms with Gasteiger partial charge in [-0.05, 0) is 35.2 Å². The third-order valence-electron chi connectivity index (χ3n) is 4.11. The summed E-state index contributed by atoms with van der Waals surface area (Å²) < 4.78 is 11.5. The molecule has 26 heavy (non-hydrogen) atoms. The Balaban J connectivity index is 1.40. The number of benzene rings is 3. The number of hydrogen-bond acceptors (Lipinski definition) is 3. The lowest BCUT2D eigenvalue weighted by Crippen LogP contribution is -2.28. The first-order chi connectivity index (χ1) is 12.8. The molecule has 3 heteroatoms. The molecule has 0 aliphatic rings. The van der Waals surface area contributed by atoms with Crippen LogP contribution in [0.25, 0.3) is 0 Å². The summed E-state index contributed by atoms with van der Waals surface area (Å²) in [6.07, 6.45) is 0.785. The lowest BCUT2D eigenvalue weighted by atomic mass is 10.1. The van der Waals surface area contributed by atoms with E-state index in [4.69, 9.17) is 15.2 Å². The Kier molecular flexibility index (Phi) is 6.82. The zero-order valence-electron chi connectivity index (χ0n) is 14.9. The maximum atomic E-state index is 6.19. The lowest BCUT2D eigenvalue weighted by Gasteiger charge is -2.13. The Morgan fingerprint density at radius 2 is 1.23 bits per heavy atom. The number of hydrogen-bond donors (Lipinski definition) is 1. The minimum Gasteiger partial charge on any atom is -0.489 e. The first kappa shape index (κ1) is 18.2. The van der Waals surface area contributed by atoms with E-state index >= 15 is 0 Å². The molecule has 0 amide bonds. The summed E-state index contributed by atoms with van der Waals surface area (Å²) in [6, 6.07) is 28.4. The van der Waals surface area contributed by atoms with Gasteiger partial charge in [0.05, 0.1) is 13.2 Å². The Morgan fingerprint density at radius 1 is 0.654 bits per heavy atom. The van der Waals surface area contributed by atoms with Crippen molar-refractivity contribution in [2.24, 2.45) is 5.73 Å². The molecule has 134 valence electrons. The van der Waals surface area contributed by atoms with E-state index in [0.717, 1.165) is 17.7 Å². The van der Waals surface area contributed by atoms with Gasteiger partial charge in [0.2, 0.25) is 0 Å². The van der Waals surface area contributed by atoms with Gasteiger partial charge < -0.3 is 15.2 Å². The molecule has 1 atom stereocenters. The summed E-state index contributed by atoms with van der Waals surface area (Å²) in [7, 11) is 0. The molecule has 0 unspecified atom stereocenters. The van der Waals surface area contributed by atoms with Gasteiger partial charge in [0, 0.05) is 6.04 Å². The molecule has 2 N–H and O–H groups in total. The van der Waals surface area contributed by atoms with Crippen molar-refractivity contribution in [2.75, 3.05) is 6.61 Å². The maximum absolute atomic E-state index is 6.19.